The van der Waals surface area contributed by atoms with Gasteiger partial charge in [-0.1, -0.05) is 12.1 Å². The molecule has 2 amide bonds. The summed E-state index contributed by atoms with van der Waals surface area (Å²) in [5.41, 5.74) is -0.718. The summed E-state index contributed by atoms with van der Waals surface area (Å²) in [6, 6.07) is 12.2. The van der Waals surface area contributed by atoms with Gasteiger partial charge in [0.1, 0.15) is 24.8 Å². The Morgan fingerprint density at radius 2 is 1.83 bits per heavy atom. The molecule has 2 aliphatic heterocycles. The SMILES string of the molecule is CN1C(=O)c2ccccc2N2C(=O)CC[C@@]12C(=O)OCCOc1ccc(F)cc1. The van der Waals surface area contributed by atoms with Gasteiger partial charge in [0, 0.05) is 19.9 Å². The van der Waals surface area contributed by atoms with Gasteiger partial charge < -0.3 is 14.4 Å². The monoisotopic (exact) mass is 398 g/mol. The van der Waals surface area contributed by atoms with Crippen molar-refractivity contribution in [3.63, 3.8) is 0 Å². The van der Waals surface area contributed by atoms with Gasteiger partial charge in [-0.05, 0) is 36.4 Å². The highest BCUT2D eigenvalue weighted by Crippen LogP contribution is 2.44. The van der Waals surface area contributed by atoms with E-state index in [0.717, 1.165) is 0 Å². The second kappa shape index (κ2) is 7.20. The number of halogens is 1. The highest BCUT2D eigenvalue weighted by atomic mass is 19.1. The lowest BCUT2D eigenvalue weighted by Crippen LogP contribution is -2.67. The van der Waals surface area contributed by atoms with E-state index in [2.05, 4.69) is 0 Å². The van der Waals surface area contributed by atoms with Crippen LogP contribution in [0.5, 0.6) is 5.75 Å². The quantitative estimate of drug-likeness (QED) is 0.571. The van der Waals surface area contributed by atoms with E-state index in [4.69, 9.17) is 9.47 Å². The van der Waals surface area contributed by atoms with Crippen LogP contribution in [0.1, 0.15) is 23.2 Å². The number of anilines is 1. The number of para-hydroxylation sites is 1. The van der Waals surface area contributed by atoms with Gasteiger partial charge in [0.25, 0.3) is 5.91 Å². The van der Waals surface area contributed by atoms with Crippen LogP contribution in [-0.2, 0) is 14.3 Å². The molecule has 2 aromatic rings. The van der Waals surface area contributed by atoms with Gasteiger partial charge >= 0.3 is 5.97 Å². The van der Waals surface area contributed by atoms with E-state index >= 15 is 0 Å². The third kappa shape index (κ3) is 3.00. The molecule has 2 heterocycles. The summed E-state index contributed by atoms with van der Waals surface area (Å²) >= 11 is 0. The molecule has 0 aliphatic carbocycles. The van der Waals surface area contributed by atoms with Gasteiger partial charge in [0.2, 0.25) is 11.6 Å². The molecule has 4 rings (SSSR count). The van der Waals surface area contributed by atoms with Crippen LogP contribution in [-0.4, -0.2) is 48.6 Å². The zero-order valence-electron chi connectivity index (χ0n) is 15.8. The van der Waals surface area contributed by atoms with Crippen LogP contribution >= 0.6 is 0 Å². The molecule has 2 aliphatic rings. The maximum Gasteiger partial charge on any atom is 0.353 e. The number of benzene rings is 2. The summed E-state index contributed by atoms with van der Waals surface area (Å²) in [6.45, 7) is -0.0285. The summed E-state index contributed by atoms with van der Waals surface area (Å²) in [5, 5.41) is 0. The topological polar surface area (TPSA) is 76.2 Å². The number of carbonyl (C=O) groups excluding carboxylic acids is 3. The molecule has 0 N–H and O–H groups in total. The molecule has 1 fully saturated rings. The van der Waals surface area contributed by atoms with E-state index in [-0.39, 0.29) is 43.7 Å². The van der Waals surface area contributed by atoms with Crippen LogP contribution in [0.2, 0.25) is 0 Å². The molecule has 0 aromatic heterocycles. The van der Waals surface area contributed by atoms with Crippen molar-refractivity contribution in [1.82, 2.24) is 4.90 Å². The second-order valence-corrected chi connectivity index (χ2v) is 6.87. The van der Waals surface area contributed by atoms with Gasteiger partial charge in [0.15, 0.2) is 0 Å². The molecular formula is C21H19FN2O5. The molecule has 29 heavy (non-hydrogen) atoms. The van der Waals surface area contributed by atoms with Gasteiger partial charge in [-0.15, -0.1) is 0 Å². The van der Waals surface area contributed by atoms with Crippen LogP contribution in [0.25, 0.3) is 0 Å². The van der Waals surface area contributed by atoms with Crippen molar-refractivity contribution in [2.24, 2.45) is 0 Å². The Hall–Kier alpha value is -3.42. The molecule has 2 aromatic carbocycles. The first-order chi connectivity index (χ1) is 13.9. The molecule has 0 spiro atoms. The van der Waals surface area contributed by atoms with Crippen molar-refractivity contribution in [2.45, 2.75) is 18.5 Å². The van der Waals surface area contributed by atoms with E-state index in [9.17, 15) is 18.8 Å². The molecule has 150 valence electrons. The van der Waals surface area contributed by atoms with Crippen molar-refractivity contribution >= 4 is 23.5 Å². The smallest absolute Gasteiger partial charge is 0.353 e. The third-order valence-electron chi connectivity index (χ3n) is 5.27. The van der Waals surface area contributed by atoms with Crippen molar-refractivity contribution in [3.8, 4) is 5.75 Å². The summed E-state index contributed by atoms with van der Waals surface area (Å²) in [4.78, 5) is 41.1. The summed E-state index contributed by atoms with van der Waals surface area (Å²) < 4.78 is 23.7. The highest BCUT2D eigenvalue weighted by molar-refractivity contribution is 6.15. The van der Waals surface area contributed by atoms with Gasteiger partial charge in [0.05, 0.1) is 11.3 Å². The number of amides is 2. The van der Waals surface area contributed by atoms with Gasteiger partial charge in [-0.3, -0.25) is 14.5 Å². The largest absolute Gasteiger partial charge is 0.490 e. The lowest BCUT2D eigenvalue weighted by Gasteiger charge is -2.46. The average Bonchev–Trinajstić information content (AvgIpc) is 3.09. The third-order valence-corrected chi connectivity index (χ3v) is 5.27. The molecule has 0 radical (unpaired) electrons. The number of ether oxygens (including phenoxy) is 2. The van der Waals surface area contributed by atoms with Gasteiger partial charge in [-0.2, -0.15) is 0 Å². The fourth-order valence-electron chi connectivity index (χ4n) is 3.83. The Kier molecular flexibility index (Phi) is 4.70. The predicted octanol–water partition coefficient (Wildman–Crippen LogP) is 2.36. The minimum Gasteiger partial charge on any atom is -0.490 e. The van der Waals surface area contributed by atoms with E-state index in [1.807, 2.05) is 0 Å². The first-order valence-corrected chi connectivity index (χ1v) is 9.21. The maximum atomic E-state index is 13.1. The lowest BCUT2D eigenvalue weighted by molar-refractivity contribution is -0.157. The highest BCUT2D eigenvalue weighted by Gasteiger charge is 2.60. The Labute approximate surface area is 166 Å². The average molecular weight is 398 g/mol. The fraction of sp³-hybridized carbons (Fsp3) is 0.286. The fourth-order valence-corrected chi connectivity index (χ4v) is 3.83. The zero-order chi connectivity index (χ0) is 20.6. The van der Waals surface area contributed by atoms with Crippen LogP contribution in [0, 0.1) is 5.82 Å². The minimum atomic E-state index is -1.50. The Bertz CT molecular complexity index is 977. The number of carbonyl (C=O) groups is 3. The first-order valence-electron chi connectivity index (χ1n) is 9.21. The summed E-state index contributed by atoms with van der Waals surface area (Å²) in [7, 11) is 1.50. The molecule has 7 nitrogen and oxygen atoms in total. The Balaban J connectivity index is 1.51. The molecule has 0 unspecified atom stereocenters. The minimum absolute atomic E-state index is 0.0512. The van der Waals surface area contributed by atoms with E-state index in [1.54, 1.807) is 24.3 Å². The number of hydrogen-bond donors (Lipinski definition) is 0. The molecule has 1 saturated heterocycles. The zero-order valence-corrected chi connectivity index (χ0v) is 15.8. The van der Waals surface area contributed by atoms with E-state index in [0.29, 0.717) is 17.0 Å². The normalized spacial score (nSPS) is 20.3. The van der Waals surface area contributed by atoms with Crippen molar-refractivity contribution in [2.75, 3.05) is 25.2 Å². The van der Waals surface area contributed by atoms with Crippen LogP contribution in [0.15, 0.2) is 48.5 Å². The number of likely N-dealkylation sites (N-methyl/N-ethyl adjacent to an activating group) is 1. The molecule has 0 saturated carbocycles. The number of esters is 1. The Morgan fingerprint density at radius 3 is 2.59 bits per heavy atom. The van der Waals surface area contributed by atoms with Crippen molar-refractivity contribution in [3.05, 3.63) is 59.9 Å². The molecule has 1 atom stereocenters. The standard InChI is InChI=1S/C21H19FN2O5/c1-23-19(26)16-4-2-3-5-17(16)24-18(25)10-11-21(23,24)20(27)29-13-12-28-15-8-6-14(22)7-9-15/h2-9H,10-13H2,1H3/t21-/m1/s1. The van der Waals surface area contributed by atoms with E-state index in [1.165, 1.54) is 41.1 Å². The number of rotatable bonds is 5. The lowest BCUT2D eigenvalue weighted by atomic mass is 9.97. The van der Waals surface area contributed by atoms with E-state index < -0.39 is 11.6 Å². The van der Waals surface area contributed by atoms with Crippen LogP contribution in [0.3, 0.4) is 0 Å². The molecule has 0 bridgehead atoms. The summed E-state index contributed by atoms with van der Waals surface area (Å²) in [6.07, 6.45) is 0.285. The van der Waals surface area contributed by atoms with Gasteiger partial charge in [-0.25, -0.2) is 9.18 Å². The number of fused-ring (bicyclic) bond motifs is 3. The van der Waals surface area contributed by atoms with Crippen LogP contribution < -0.4 is 9.64 Å². The number of hydrogen-bond acceptors (Lipinski definition) is 5. The molecular weight excluding hydrogens is 379 g/mol. The van der Waals surface area contributed by atoms with Crippen molar-refractivity contribution in [1.29, 1.82) is 0 Å². The maximum absolute atomic E-state index is 13.1. The van der Waals surface area contributed by atoms with Crippen molar-refractivity contribution < 1.29 is 28.2 Å². The number of nitrogens with zero attached hydrogens (tertiary/aromatic N) is 2. The first kappa shape index (κ1) is 18.9. The predicted molar refractivity (Wildman–Crippen MR) is 101 cm³/mol. The Morgan fingerprint density at radius 1 is 1.10 bits per heavy atom. The second-order valence-electron chi connectivity index (χ2n) is 6.87. The van der Waals surface area contributed by atoms with Crippen LogP contribution in [0.4, 0.5) is 10.1 Å². The summed E-state index contributed by atoms with van der Waals surface area (Å²) in [5.74, 6) is -1.20. The molecule has 8 heteroatoms.